The van der Waals surface area contributed by atoms with Crippen molar-refractivity contribution in [3.8, 4) is 5.75 Å². The molecule has 0 spiro atoms. The average molecular weight is 505 g/mol. The molecule has 1 amide bonds. The van der Waals surface area contributed by atoms with Gasteiger partial charge in [-0.1, -0.05) is 23.7 Å². The number of methoxy groups -OCH3 is 1. The van der Waals surface area contributed by atoms with Crippen LogP contribution in [0.5, 0.6) is 5.75 Å². The van der Waals surface area contributed by atoms with E-state index in [4.69, 9.17) is 16.3 Å². The van der Waals surface area contributed by atoms with E-state index in [1.54, 1.807) is 27.3 Å². The number of benzene rings is 1. The molecule has 0 bridgehead atoms. The third-order valence-electron chi connectivity index (χ3n) is 6.71. The summed E-state index contributed by atoms with van der Waals surface area (Å²) in [6.45, 7) is 3.70. The van der Waals surface area contributed by atoms with Gasteiger partial charge in [-0.15, -0.1) is 4.31 Å². The van der Waals surface area contributed by atoms with E-state index in [9.17, 15) is 9.35 Å². The molecule has 0 N–H and O–H groups in total. The number of ether oxygens (including phenoxy) is 1. The van der Waals surface area contributed by atoms with Crippen molar-refractivity contribution in [1.29, 1.82) is 0 Å². The van der Waals surface area contributed by atoms with Crippen LogP contribution >= 0.6 is 11.6 Å². The Morgan fingerprint density at radius 3 is 2.59 bits per heavy atom. The third-order valence-corrected chi connectivity index (χ3v) is 8.45. The number of anilines is 1. The molecule has 1 atom stereocenters. The van der Waals surface area contributed by atoms with Crippen LogP contribution in [0.2, 0.25) is 5.15 Å². The van der Waals surface area contributed by atoms with Crippen molar-refractivity contribution >= 4 is 34.7 Å². The van der Waals surface area contributed by atoms with Crippen molar-refractivity contribution in [2.45, 2.75) is 25.0 Å². The molecule has 34 heavy (non-hydrogen) atoms. The second-order valence-corrected chi connectivity index (χ2v) is 11.2. The summed E-state index contributed by atoms with van der Waals surface area (Å²) in [5, 5.41) is 0.259. The standard InChI is InChI=1S/C25H33ClN4O3S/c1-28(2)25(31)22-7-8-23(27-24(22)26)29-11-9-18(10-12-29)13-20-15-30(16-20)34(32)17-19-5-4-6-21(14-19)33-3/h4-8,14,18,20H,9-13,15-17H2,1-3H3. The summed E-state index contributed by atoms with van der Waals surface area (Å²) in [7, 11) is 5.06. The molecule has 3 heterocycles. The van der Waals surface area contributed by atoms with Gasteiger partial charge in [-0.25, -0.2) is 4.98 Å². The zero-order valence-electron chi connectivity index (χ0n) is 20.1. The summed E-state index contributed by atoms with van der Waals surface area (Å²) in [5.41, 5.74) is 1.48. The highest BCUT2D eigenvalue weighted by Crippen LogP contribution is 2.33. The van der Waals surface area contributed by atoms with E-state index < -0.39 is 11.4 Å². The van der Waals surface area contributed by atoms with Crippen LogP contribution in [0.15, 0.2) is 36.4 Å². The third kappa shape index (κ3) is 5.97. The lowest BCUT2D eigenvalue weighted by Gasteiger charge is -2.41. The van der Waals surface area contributed by atoms with Crippen LogP contribution in [-0.2, 0) is 17.1 Å². The van der Waals surface area contributed by atoms with E-state index in [2.05, 4.69) is 14.2 Å². The molecule has 7 nitrogen and oxygen atoms in total. The van der Waals surface area contributed by atoms with Gasteiger partial charge in [-0.2, -0.15) is 0 Å². The van der Waals surface area contributed by atoms with Gasteiger partial charge >= 0.3 is 0 Å². The largest absolute Gasteiger partial charge is 0.598 e. The smallest absolute Gasteiger partial charge is 0.256 e. The lowest BCUT2D eigenvalue weighted by Crippen LogP contribution is -2.51. The summed E-state index contributed by atoms with van der Waals surface area (Å²) in [4.78, 5) is 20.4. The Balaban J connectivity index is 1.20. The van der Waals surface area contributed by atoms with Gasteiger partial charge in [0, 0.05) is 57.2 Å². The van der Waals surface area contributed by atoms with Gasteiger partial charge in [-0.05, 0) is 55.4 Å². The molecule has 2 aromatic rings. The van der Waals surface area contributed by atoms with Crippen LogP contribution in [0.3, 0.4) is 0 Å². The van der Waals surface area contributed by atoms with Crippen LogP contribution in [0.25, 0.3) is 0 Å². The summed E-state index contributed by atoms with van der Waals surface area (Å²) in [6.07, 6.45) is 3.41. The first kappa shape index (κ1) is 25.1. The van der Waals surface area contributed by atoms with Crippen LogP contribution in [0, 0.1) is 11.8 Å². The lowest BCUT2D eigenvalue weighted by atomic mass is 9.84. The first-order valence-corrected chi connectivity index (χ1v) is 13.4. The second kappa shape index (κ2) is 11.2. The van der Waals surface area contributed by atoms with Crippen molar-refractivity contribution in [2.24, 2.45) is 11.8 Å². The molecule has 9 heteroatoms. The molecular weight excluding hydrogens is 472 g/mol. The molecule has 2 fully saturated rings. The topological polar surface area (TPSA) is 72.0 Å². The minimum absolute atomic E-state index is 0.137. The summed E-state index contributed by atoms with van der Waals surface area (Å²) >= 11 is 5.31. The van der Waals surface area contributed by atoms with Gasteiger partial charge in [-0.3, -0.25) is 4.79 Å². The highest BCUT2D eigenvalue weighted by atomic mass is 35.5. The van der Waals surface area contributed by atoms with E-state index in [0.717, 1.165) is 56.2 Å². The van der Waals surface area contributed by atoms with Crippen LogP contribution in [0.1, 0.15) is 35.2 Å². The predicted molar refractivity (Wildman–Crippen MR) is 137 cm³/mol. The van der Waals surface area contributed by atoms with Crippen molar-refractivity contribution in [3.63, 3.8) is 0 Å². The Bertz CT molecular complexity index is 994. The van der Waals surface area contributed by atoms with E-state index in [-0.39, 0.29) is 11.1 Å². The van der Waals surface area contributed by atoms with Gasteiger partial charge in [0.25, 0.3) is 5.91 Å². The highest BCUT2D eigenvalue weighted by Gasteiger charge is 2.37. The van der Waals surface area contributed by atoms with Crippen LogP contribution in [0.4, 0.5) is 5.82 Å². The molecule has 0 radical (unpaired) electrons. The maximum absolute atomic E-state index is 12.7. The van der Waals surface area contributed by atoms with Crippen LogP contribution in [-0.4, -0.2) is 72.0 Å². The molecule has 1 aromatic carbocycles. The molecule has 2 saturated heterocycles. The quantitative estimate of drug-likeness (QED) is 0.401. The summed E-state index contributed by atoms with van der Waals surface area (Å²) in [6, 6.07) is 11.5. The minimum Gasteiger partial charge on any atom is -0.598 e. The van der Waals surface area contributed by atoms with Gasteiger partial charge in [0.05, 0.1) is 12.7 Å². The number of nitrogens with zero attached hydrogens (tertiary/aromatic N) is 4. The number of amides is 1. The van der Waals surface area contributed by atoms with Crippen molar-refractivity contribution in [2.75, 3.05) is 52.3 Å². The molecule has 4 rings (SSSR count). The molecule has 0 saturated carbocycles. The van der Waals surface area contributed by atoms with Crippen molar-refractivity contribution in [1.82, 2.24) is 14.2 Å². The van der Waals surface area contributed by atoms with E-state index in [1.807, 2.05) is 30.3 Å². The lowest BCUT2D eigenvalue weighted by molar-refractivity contribution is 0.0827. The monoisotopic (exact) mass is 504 g/mol. The average Bonchev–Trinajstić information content (AvgIpc) is 2.81. The molecule has 1 aromatic heterocycles. The summed E-state index contributed by atoms with van der Waals surface area (Å²) < 4.78 is 20.1. The predicted octanol–water partition coefficient (Wildman–Crippen LogP) is 3.85. The first-order chi connectivity index (χ1) is 16.3. The van der Waals surface area contributed by atoms with Crippen molar-refractivity contribution in [3.05, 3.63) is 52.7 Å². The fourth-order valence-corrected chi connectivity index (χ4v) is 6.34. The molecule has 2 aliphatic rings. The number of halogens is 1. The molecule has 2 aliphatic heterocycles. The first-order valence-electron chi connectivity index (χ1n) is 11.7. The zero-order valence-corrected chi connectivity index (χ0v) is 21.6. The van der Waals surface area contributed by atoms with Crippen molar-refractivity contribution < 1.29 is 14.1 Å². The Labute approximate surface area is 210 Å². The number of pyridine rings is 1. The Kier molecular flexibility index (Phi) is 8.24. The highest BCUT2D eigenvalue weighted by molar-refractivity contribution is 7.88. The zero-order chi connectivity index (χ0) is 24.2. The van der Waals surface area contributed by atoms with E-state index in [1.165, 1.54) is 11.3 Å². The summed E-state index contributed by atoms with van der Waals surface area (Å²) in [5.74, 6) is 3.34. The van der Waals surface area contributed by atoms with Gasteiger partial charge in [0.2, 0.25) is 0 Å². The number of carbonyl (C=O) groups excluding carboxylic acids is 1. The Hall–Kier alpha value is -2.00. The normalized spacial score (nSPS) is 18.4. The second-order valence-electron chi connectivity index (χ2n) is 9.40. The van der Waals surface area contributed by atoms with Gasteiger partial charge < -0.3 is 19.1 Å². The number of hydrogen-bond donors (Lipinski definition) is 0. The van der Waals surface area contributed by atoms with Crippen LogP contribution < -0.4 is 9.64 Å². The number of piperidine rings is 1. The fourth-order valence-electron chi connectivity index (χ4n) is 4.70. The van der Waals surface area contributed by atoms with Gasteiger partial charge in [0.1, 0.15) is 16.7 Å². The molecule has 1 unspecified atom stereocenters. The number of hydrogen-bond acceptors (Lipinski definition) is 6. The molecule has 0 aliphatic carbocycles. The van der Waals surface area contributed by atoms with E-state index in [0.29, 0.717) is 23.2 Å². The number of rotatable bonds is 8. The molecule has 184 valence electrons. The number of aromatic nitrogens is 1. The Morgan fingerprint density at radius 1 is 1.21 bits per heavy atom. The minimum atomic E-state index is -0.986. The molecular formula is C25H33ClN4O3S. The fraction of sp³-hybridized carbons (Fsp3) is 0.520. The van der Waals surface area contributed by atoms with Gasteiger partial charge in [0.15, 0.2) is 5.75 Å². The maximum atomic E-state index is 12.7. The Morgan fingerprint density at radius 2 is 1.94 bits per heavy atom. The maximum Gasteiger partial charge on any atom is 0.256 e. The van der Waals surface area contributed by atoms with E-state index >= 15 is 0 Å². The SMILES string of the molecule is COc1cccc(C[S+]([O-])N2CC(CC3CCN(c4ccc(C(=O)N(C)C)c(Cl)n4)CC3)C2)c1. The number of carbonyl (C=O) groups is 1.